The van der Waals surface area contributed by atoms with E-state index in [9.17, 15) is 4.79 Å². The SMILES string of the molecule is CCN(Cc1ccccc1)C(c1cc2cc(C)c(C)cc2[nH]c1=O)c1nnnn1CC1CCCO1. The summed E-state index contributed by atoms with van der Waals surface area (Å²) in [6, 6.07) is 16.0. The fraction of sp³-hybridized carbons (Fsp3) is 0.407. The zero-order chi connectivity index (χ0) is 24.4. The van der Waals surface area contributed by atoms with E-state index in [4.69, 9.17) is 4.74 Å². The van der Waals surface area contributed by atoms with E-state index in [2.05, 4.69) is 64.4 Å². The maximum Gasteiger partial charge on any atom is 0.253 e. The summed E-state index contributed by atoms with van der Waals surface area (Å²) in [7, 11) is 0. The fourth-order valence-corrected chi connectivity index (χ4v) is 4.92. The molecule has 182 valence electrons. The van der Waals surface area contributed by atoms with E-state index in [-0.39, 0.29) is 11.7 Å². The zero-order valence-electron chi connectivity index (χ0n) is 20.6. The highest BCUT2D eigenvalue weighted by atomic mass is 16.5. The minimum Gasteiger partial charge on any atom is -0.376 e. The monoisotopic (exact) mass is 472 g/mol. The van der Waals surface area contributed by atoms with Crippen molar-refractivity contribution < 1.29 is 4.74 Å². The maximum atomic E-state index is 13.5. The van der Waals surface area contributed by atoms with Crippen LogP contribution in [0.4, 0.5) is 0 Å². The van der Waals surface area contributed by atoms with Crippen molar-refractivity contribution in [3.63, 3.8) is 0 Å². The lowest BCUT2D eigenvalue weighted by atomic mass is 10.00. The molecule has 8 nitrogen and oxygen atoms in total. The number of hydrogen-bond acceptors (Lipinski definition) is 6. The number of aromatic amines is 1. The Labute approximate surface area is 204 Å². The van der Waals surface area contributed by atoms with Gasteiger partial charge in [0.05, 0.1) is 12.6 Å². The molecule has 1 fully saturated rings. The summed E-state index contributed by atoms with van der Waals surface area (Å²) >= 11 is 0. The highest BCUT2D eigenvalue weighted by molar-refractivity contribution is 5.81. The summed E-state index contributed by atoms with van der Waals surface area (Å²) in [4.78, 5) is 18.9. The van der Waals surface area contributed by atoms with Crippen LogP contribution in [0.3, 0.4) is 0 Å². The van der Waals surface area contributed by atoms with Crippen molar-refractivity contribution in [3.8, 4) is 0 Å². The second-order valence-electron chi connectivity index (χ2n) is 9.38. The number of ether oxygens (including phenoxy) is 1. The van der Waals surface area contributed by atoms with E-state index in [1.54, 1.807) is 0 Å². The van der Waals surface area contributed by atoms with E-state index in [0.29, 0.717) is 24.5 Å². The van der Waals surface area contributed by atoms with Crippen LogP contribution in [-0.4, -0.2) is 49.3 Å². The Morgan fingerprint density at radius 1 is 1.17 bits per heavy atom. The van der Waals surface area contributed by atoms with Gasteiger partial charge in [-0.15, -0.1) is 5.10 Å². The van der Waals surface area contributed by atoms with Crippen LogP contribution in [0, 0.1) is 13.8 Å². The molecule has 0 amide bonds. The summed E-state index contributed by atoms with van der Waals surface area (Å²) in [5.41, 5.74) is 4.86. The van der Waals surface area contributed by atoms with Gasteiger partial charge >= 0.3 is 0 Å². The molecular weight excluding hydrogens is 440 g/mol. The van der Waals surface area contributed by atoms with Gasteiger partial charge in [0.1, 0.15) is 6.04 Å². The molecule has 0 saturated carbocycles. The van der Waals surface area contributed by atoms with Crippen molar-refractivity contribution >= 4 is 10.9 Å². The molecule has 2 atom stereocenters. The number of H-pyrrole nitrogens is 1. The van der Waals surface area contributed by atoms with Crippen molar-refractivity contribution in [2.45, 2.75) is 58.8 Å². The number of pyridine rings is 1. The summed E-state index contributed by atoms with van der Waals surface area (Å²) in [6.07, 6.45) is 2.12. The number of aromatic nitrogens is 5. The van der Waals surface area contributed by atoms with Gasteiger partial charge in [-0.05, 0) is 83.9 Å². The number of nitrogens with zero attached hydrogens (tertiary/aromatic N) is 5. The number of fused-ring (bicyclic) bond motifs is 1. The standard InChI is InChI=1S/C27H32N6O2/c1-4-32(16-20-9-6-5-7-10-20)25(26-29-30-31-33(26)17-22-11-8-12-35-22)23-15-21-13-18(2)19(3)14-24(21)28-27(23)34/h5-7,9-10,13-15,22,25H,4,8,11-12,16-17H2,1-3H3,(H,28,34). The average Bonchev–Trinajstić information content (AvgIpc) is 3.54. The topological polar surface area (TPSA) is 88.9 Å². The van der Waals surface area contributed by atoms with Gasteiger partial charge in [0, 0.05) is 24.2 Å². The van der Waals surface area contributed by atoms with E-state index in [1.165, 1.54) is 11.1 Å². The van der Waals surface area contributed by atoms with Gasteiger partial charge in [-0.1, -0.05) is 37.3 Å². The minimum atomic E-state index is -0.411. The Bertz CT molecular complexity index is 1360. The zero-order valence-corrected chi connectivity index (χ0v) is 20.6. The molecule has 2 unspecified atom stereocenters. The van der Waals surface area contributed by atoms with Gasteiger partial charge in [0.2, 0.25) is 0 Å². The first kappa shape index (κ1) is 23.4. The van der Waals surface area contributed by atoms with Crippen LogP contribution in [0.5, 0.6) is 0 Å². The third-order valence-electron chi connectivity index (χ3n) is 6.99. The first-order valence-corrected chi connectivity index (χ1v) is 12.3. The predicted molar refractivity (Wildman–Crippen MR) is 135 cm³/mol. The van der Waals surface area contributed by atoms with Crippen LogP contribution < -0.4 is 5.56 Å². The molecule has 8 heteroatoms. The molecule has 5 rings (SSSR count). The second-order valence-corrected chi connectivity index (χ2v) is 9.38. The Morgan fingerprint density at radius 3 is 2.71 bits per heavy atom. The quantitative estimate of drug-likeness (QED) is 0.418. The molecule has 0 bridgehead atoms. The van der Waals surface area contributed by atoms with Gasteiger partial charge < -0.3 is 9.72 Å². The Morgan fingerprint density at radius 2 is 1.97 bits per heavy atom. The summed E-state index contributed by atoms with van der Waals surface area (Å²) < 4.78 is 7.67. The number of aryl methyl sites for hydroxylation is 2. The first-order chi connectivity index (χ1) is 17.0. The Hall–Kier alpha value is -3.36. The second kappa shape index (κ2) is 10.1. The third-order valence-corrected chi connectivity index (χ3v) is 6.99. The summed E-state index contributed by atoms with van der Waals surface area (Å²) in [5.74, 6) is 0.659. The molecular formula is C27H32N6O2. The lowest BCUT2D eigenvalue weighted by molar-refractivity contribution is 0.0907. The fourth-order valence-electron chi connectivity index (χ4n) is 4.92. The van der Waals surface area contributed by atoms with Crippen LogP contribution in [-0.2, 0) is 17.8 Å². The lowest BCUT2D eigenvalue weighted by Crippen LogP contribution is -2.35. The Kier molecular flexibility index (Phi) is 6.74. The van der Waals surface area contributed by atoms with Crippen LogP contribution in [0.1, 0.15) is 53.9 Å². The number of tetrazole rings is 1. The van der Waals surface area contributed by atoms with Gasteiger partial charge in [0.25, 0.3) is 5.56 Å². The van der Waals surface area contributed by atoms with Crippen molar-refractivity contribution in [2.75, 3.05) is 13.2 Å². The molecule has 0 radical (unpaired) electrons. The molecule has 4 aromatic rings. The summed E-state index contributed by atoms with van der Waals surface area (Å²) in [5, 5.41) is 13.8. The average molecular weight is 473 g/mol. The van der Waals surface area contributed by atoms with Gasteiger partial charge in [-0.3, -0.25) is 9.69 Å². The maximum absolute atomic E-state index is 13.5. The molecule has 0 aliphatic carbocycles. The van der Waals surface area contributed by atoms with Crippen LogP contribution in [0.25, 0.3) is 10.9 Å². The van der Waals surface area contributed by atoms with Crippen molar-refractivity contribution in [1.82, 2.24) is 30.1 Å². The highest BCUT2D eigenvalue weighted by Crippen LogP contribution is 2.29. The van der Waals surface area contributed by atoms with E-state index in [1.807, 2.05) is 35.0 Å². The molecule has 1 aliphatic heterocycles. The molecule has 0 spiro atoms. The number of nitrogens with one attached hydrogen (secondary N) is 1. The molecule has 1 saturated heterocycles. The van der Waals surface area contributed by atoms with E-state index < -0.39 is 6.04 Å². The van der Waals surface area contributed by atoms with E-state index >= 15 is 0 Å². The Balaban J connectivity index is 1.63. The minimum absolute atomic E-state index is 0.0858. The molecule has 35 heavy (non-hydrogen) atoms. The largest absolute Gasteiger partial charge is 0.376 e. The molecule has 2 aromatic heterocycles. The molecule has 2 aromatic carbocycles. The van der Waals surface area contributed by atoms with Gasteiger partial charge in [0.15, 0.2) is 5.82 Å². The smallest absolute Gasteiger partial charge is 0.253 e. The highest BCUT2D eigenvalue weighted by Gasteiger charge is 2.31. The number of hydrogen-bond donors (Lipinski definition) is 1. The lowest BCUT2D eigenvalue weighted by Gasteiger charge is -2.30. The van der Waals surface area contributed by atoms with E-state index in [0.717, 1.165) is 42.5 Å². The summed E-state index contributed by atoms with van der Waals surface area (Å²) in [6.45, 7) is 8.98. The van der Waals surface area contributed by atoms with Crippen LogP contribution in [0.2, 0.25) is 0 Å². The third kappa shape index (κ3) is 4.90. The number of benzene rings is 2. The van der Waals surface area contributed by atoms with Crippen molar-refractivity contribution in [2.24, 2.45) is 0 Å². The van der Waals surface area contributed by atoms with Gasteiger partial charge in [-0.2, -0.15) is 0 Å². The van der Waals surface area contributed by atoms with Crippen LogP contribution >= 0.6 is 0 Å². The molecule has 1 N–H and O–H groups in total. The van der Waals surface area contributed by atoms with Crippen molar-refractivity contribution in [1.29, 1.82) is 0 Å². The normalized spacial score (nSPS) is 16.9. The molecule has 1 aliphatic rings. The van der Waals surface area contributed by atoms with Crippen LogP contribution in [0.15, 0.2) is 53.3 Å². The first-order valence-electron chi connectivity index (χ1n) is 12.3. The predicted octanol–water partition coefficient (Wildman–Crippen LogP) is 3.92. The van der Waals surface area contributed by atoms with Crippen molar-refractivity contribution in [3.05, 3.63) is 87.0 Å². The molecule has 3 heterocycles. The number of rotatable bonds is 8. The van der Waals surface area contributed by atoms with Gasteiger partial charge in [-0.25, -0.2) is 4.68 Å².